The van der Waals surface area contributed by atoms with E-state index >= 15 is 0 Å². The van der Waals surface area contributed by atoms with Crippen molar-refractivity contribution in [2.75, 3.05) is 4.90 Å². The third-order valence-corrected chi connectivity index (χ3v) is 13.1. The first-order chi connectivity index (χ1) is 33.8. The van der Waals surface area contributed by atoms with Crippen LogP contribution in [0.15, 0.2) is 247 Å². The first-order valence-electron chi connectivity index (χ1n) is 24.1. The van der Waals surface area contributed by atoms with Gasteiger partial charge in [0.25, 0.3) is 0 Å². The average Bonchev–Trinajstić information content (AvgIpc) is 4.05. The number of benzene rings is 10. The van der Waals surface area contributed by atoms with Gasteiger partial charge in [-0.15, -0.1) is 0 Å². The van der Waals surface area contributed by atoms with E-state index in [1.807, 2.05) is 60.7 Å². The van der Waals surface area contributed by atoms with E-state index in [0.717, 1.165) is 66.5 Å². The minimum absolute atomic E-state index is 0.161. The standard InChI is InChI=1S/C61H40N2O/c1-4-17-41(18-5-1)42-31-34-46(35-32-42)62(57-28-16-30-59-60(57)50-25-12-15-29-58(50)64-59)47-36-38-56-52(40-47)51-39-44(33-37-55(51)63(56)45-21-8-3-9-22-45)61(43-19-6-2-7-20-43)53-26-13-10-23-48(53)49-24-11-14-27-54(49)61/h1-40H/i1D,4D,5D,17D,18D. The van der Waals surface area contributed by atoms with Crippen LogP contribution >= 0.6 is 0 Å². The summed E-state index contributed by atoms with van der Waals surface area (Å²) in [6.45, 7) is 0. The first-order valence-corrected chi connectivity index (χ1v) is 21.6. The van der Waals surface area contributed by atoms with Crippen LogP contribution in [-0.4, -0.2) is 4.57 Å². The molecular formula is C61H40N2O. The molecule has 0 fully saturated rings. The topological polar surface area (TPSA) is 21.3 Å². The molecule has 10 aromatic carbocycles. The van der Waals surface area contributed by atoms with Crippen molar-refractivity contribution in [1.29, 1.82) is 0 Å². The van der Waals surface area contributed by atoms with E-state index in [4.69, 9.17) is 11.3 Å². The van der Waals surface area contributed by atoms with Gasteiger partial charge in [0, 0.05) is 33.2 Å². The molecular weight excluding hydrogens is 777 g/mol. The van der Waals surface area contributed by atoms with Crippen molar-refractivity contribution < 1.29 is 11.3 Å². The summed E-state index contributed by atoms with van der Waals surface area (Å²) in [6, 6.07) is 73.0. The third-order valence-electron chi connectivity index (χ3n) is 13.1. The first kappa shape index (κ1) is 31.4. The Morgan fingerprint density at radius 3 is 1.80 bits per heavy atom. The highest BCUT2D eigenvalue weighted by molar-refractivity contribution is 6.15. The number of para-hydroxylation sites is 2. The monoisotopic (exact) mass is 821 g/mol. The average molecular weight is 822 g/mol. The molecule has 1 aliphatic carbocycles. The second-order valence-electron chi connectivity index (χ2n) is 16.4. The van der Waals surface area contributed by atoms with Gasteiger partial charge in [0.05, 0.1) is 34.4 Å². The number of hydrogen-bond donors (Lipinski definition) is 0. The van der Waals surface area contributed by atoms with Crippen LogP contribution in [0.2, 0.25) is 0 Å². The molecule has 0 N–H and O–H groups in total. The molecule has 0 saturated carbocycles. The summed E-state index contributed by atoms with van der Waals surface area (Å²) in [5.74, 6) is 0. The maximum absolute atomic E-state index is 8.74. The zero-order chi connectivity index (χ0) is 46.5. The third kappa shape index (κ3) is 5.34. The summed E-state index contributed by atoms with van der Waals surface area (Å²) >= 11 is 0. The van der Waals surface area contributed by atoms with Crippen molar-refractivity contribution >= 4 is 60.8 Å². The van der Waals surface area contributed by atoms with Gasteiger partial charge < -0.3 is 13.9 Å². The number of anilines is 3. The maximum Gasteiger partial charge on any atom is 0.137 e. The lowest BCUT2D eigenvalue weighted by atomic mass is 9.67. The van der Waals surface area contributed by atoms with Crippen molar-refractivity contribution in [2.45, 2.75) is 5.41 Å². The summed E-state index contributed by atoms with van der Waals surface area (Å²) in [4.78, 5) is 2.24. The van der Waals surface area contributed by atoms with E-state index in [2.05, 4.69) is 161 Å². The van der Waals surface area contributed by atoms with Gasteiger partial charge in [0.15, 0.2) is 0 Å². The second kappa shape index (κ2) is 14.3. The minimum Gasteiger partial charge on any atom is -0.456 e. The Kier molecular flexibility index (Phi) is 7.04. The molecule has 300 valence electrons. The molecule has 0 aliphatic heterocycles. The summed E-state index contributed by atoms with van der Waals surface area (Å²) in [5.41, 5.74) is 14.8. The molecule has 64 heavy (non-hydrogen) atoms. The lowest BCUT2D eigenvalue weighted by molar-refractivity contribution is 0.669. The molecule has 0 saturated heterocycles. The predicted molar refractivity (Wildman–Crippen MR) is 265 cm³/mol. The van der Waals surface area contributed by atoms with E-state index in [0.29, 0.717) is 5.56 Å². The molecule has 0 unspecified atom stereocenters. The normalized spacial score (nSPS) is 13.9. The van der Waals surface area contributed by atoms with E-state index in [1.54, 1.807) is 0 Å². The quantitative estimate of drug-likeness (QED) is 0.160. The zero-order valence-corrected chi connectivity index (χ0v) is 34.5. The van der Waals surface area contributed by atoms with Crippen LogP contribution in [-0.2, 0) is 5.41 Å². The van der Waals surface area contributed by atoms with Gasteiger partial charge in [-0.3, -0.25) is 0 Å². The lowest BCUT2D eigenvalue weighted by Gasteiger charge is -2.34. The molecule has 0 amide bonds. The van der Waals surface area contributed by atoms with Crippen molar-refractivity contribution in [3.05, 3.63) is 265 Å². The molecule has 0 bridgehead atoms. The molecule has 0 radical (unpaired) electrons. The highest BCUT2D eigenvalue weighted by Crippen LogP contribution is 2.57. The fourth-order valence-electron chi connectivity index (χ4n) is 10.5. The SMILES string of the molecule is [2H]c1c([2H])c([2H])c(-c2ccc(N(c3ccc4c(c3)c3cc(C5(c6ccccc6)c6ccccc6-c6ccccc65)ccc3n4-c3ccccc3)c3cccc4oc5ccccc5c34)cc2)c([2H])c1[2H]. The van der Waals surface area contributed by atoms with Crippen LogP contribution in [0, 0.1) is 0 Å². The number of nitrogens with zero attached hydrogens (tertiary/aromatic N) is 2. The van der Waals surface area contributed by atoms with E-state index < -0.39 is 11.5 Å². The van der Waals surface area contributed by atoms with Gasteiger partial charge in [0.1, 0.15) is 11.2 Å². The molecule has 2 heterocycles. The summed E-state index contributed by atoms with van der Waals surface area (Å²) in [5, 5.41) is 4.12. The highest BCUT2D eigenvalue weighted by atomic mass is 16.3. The number of furan rings is 1. The van der Waals surface area contributed by atoms with Gasteiger partial charge >= 0.3 is 0 Å². The Hall–Kier alpha value is -8.40. The fourth-order valence-corrected chi connectivity index (χ4v) is 10.5. The van der Waals surface area contributed by atoms with Crippen LogP contribution in [0.1, 0.15) is 29.1 Å². The summed E-state index contributed by atoms with van der Waals surface area (Å²) < 4.78 is 51.3. The van der Waals surface area contributed by atoms with Gasteiger partial charge in [-0.1, -0.05) is 170 Å². The minimum atomic E-state index is -0.590. The number of rotatable bonds is 7. The van der Waals surface area contributed by atoms with Crippen molar-refractivity contribution in [3.8, 4) is 27.9 Å². The molecule has 2 aromatic heterocycles. The van der Waals surface area contributed by atoms with Crippen LogP contribution in [0.3, 0.4) is 0 Å². The van der Waals surface area contributed by atoms with Crippen molar-refractivity contribution in [3.63, 3.8) is 0 Å². The fraction of sp³-hybridized carbons (Fsp3) is 0.0164. The van der Waals surface area contributed by atoms with Crippen LogP contribution in [0.5, 0.6) is 0 Å². The van der Waals surface area contributed by atoms with Crippen LogP contribution in [0.4, 0.5) is 17.1 Å². The number of aromatic nitrogens is 1. The summed E-state index contributed by atoms with van der Waals surface area (Å²) in [6.07, 6.45) is 0. The molecule has 12 aromatic rings. The largest absolute Gasteiger partial charge is 0.456 e. The van der Waals surface area contributed by atoms with E-state index in [9.17, 15) is 0 Å². The Morgan fingerprint density at radius 1 is 0.438 bits per heavy atom. The van der Waals surface area contributed by atoms with Gasteiger partial charge in [0.2, 0.25) is 0 Å². The predicted octanol–water partition coefficient (Wildman–Crippen LogP) is 16.2. The Labute approximate surface area is 378 Å². The number of hydrogen-bond acceptors (Lipinski definition) is 2. The zero-order valence-electron chi connectivity index (χ0n) is 39.5. The maximum atomic E-state index is 8.74. The summed E-state index contributed by atoms with van der Waals surface area (Å²) in [7, 11) is 0. The number of fused-ring (bicyclic) bond motifs is 9. The van der Waals surface area contributed by atoms with Crippen molar-refractivity contribution in [1.82, 2.24) is 4.57 Å². The molecule has 0 atom stereocenters. The van der Waals surface area contributed by atoms with Crippen LogP contribution in [0.25, 0.3) is 71.7 Å². The molecule has 3 heteroatoms. The van der Waals surface area contributed by atoms with Gasteiger partial charge in [-0.2, -0.15) is 0 Å². The van der Waals surface area contributed by atoms with E-state index in [-0.39, 0.29) is 29.7 Å². The smallest absolute Gasteiger partial charge is 0.137 e. The van der Waals surface area contributed by atoms with Crippen molar-refractivity contribution in [2.24, 2.45) is 0 Å². The van der Waals surface area contributed by atoms with E-state index in [1.165, 1.54) is 33.4 Å². The Bertz CT molecular complexity index is 3950. The molecule has 13 rings (SSSR count). The van der Waals surface area contributed by atoms with Gasteiger partial charge in [-0.25, -0.2) is 0 Å². The molecule has 3 nitrogen and oxygen atoms in total. The lowest BCUT2D eigenvalue weighted by Crippen LogP contribution is -2.28. The highest BCUT2D eigenvalue weighted by Gasteiger charge is 2.46. The second-order valence-corrected chi connectivity index (χ2v) is 16.4. The van der Waals surface area contributed by atoms with Crippen LogP contribution < -0.4 is 4.90 Å². The Balaban J connectivity index is 1.09. The van der Waals surface area contributed by atoms with Gasteiger partial charge in [-0.05, 0) is 117 Å². The molecule has 0 spiro atoms. The Morgan fingerprint density at radius 2 is 1.05 bits per heavy atom. The molecule has 1 aliphatic rings.